The van der Waals surface area contributed by atoms with Crippen LogP contribution in [0, 0.1) is 0 Å². The lowest BCUT2D eigenvalue weighted by molar-refractivity contribution is 0.592. The Bertz CT molecular complexity index is 891. The molecule has 1 aliphatic rings. The molecule has 0 aliphatic carbocycles. The molecule has 4 heteroatoms. The maximum absolute atomic E-state index is 12.5. The molecule has 3 aromatic rings. The van der Waals surface area contributed by atoms with Crippen molar-refractivity contribution in [1.29, 1.82) is 0 Å². The quantitative estimate of drug-likeness (QED) is 0.484. The number of fused-ring (bicyclic) bond motifs is 5. The van der Waals surface area contributed by atoms with Gasteiger partial charge in [0, 0.05) is 10.9 Å². The first kappa shape index (κ1) is 9.91. The third-order valence-electron chi connectivity index (χ3n) is 3.35. The molecule has 0 saturated carbocycles. The molecule has 0 amide bonds. The van der Waals surface area contributed by atoms with Gasteiger partial charge >= 0.3 is 0 Å². The summed E-state index contributed by atoms with van der Waals surface area (Å²) >= 11 is 0. The highest BCUT2D eigenvalue weighted by molar-refractivity contribution is 7.90. The Kier molecular flexibility index (Phi) is 1.67. The number of hydrogen-bond donors (Lipinski definition) is 0. The lowest BCUT2D eigenvalue weighted by Gasteiger charge is -2.01. The lowest BCUT2D eigenvalue weighted by atomic mass is 10.1. The van der Waals surface area contributed by atoms with E-state index in [2.05, 4.69) is 0 Å². The fraction of sp³-hybridized carbons (Fsp3) is 0. The normalized spacial score (nSPS) is 15.6. The van der Waals surface area contributed by atoms with Gasteiger partial charge < -0.3 is 0 Å². The van der Waals surface area contributed by atoms with Crippen molar-refractivity contribution in [2.24, 2.45) is 0 Å². The molecule has 0 saturated heterocycles. The van der Waals surface area contributed by atoms with Crippen LogP contribution in [0.2, 0.25) is 0 Å². The van der Waals surface area contributed by atoms with E-state index in [4.69, 9.17) is 0 Å². The largest absolute Gasteiger partial charge is 0.269 e. The summed E-state index contributed by atoms with van der Waals surface area (Å²) in [7, 11) is -3.43. The van der Waals surface area contributed by atoms with Crippen LogP contribution in [0.25, 0.3) is 22.2 Å². The molecule has 1 aliphatic heterocycles. The predicted octanol–water partition coefficient (Wildman–Crippen LogP) is 2.86. The molecule has 4 rings (SSSR count). The van der Waals surface area contributed by atoms with Crippen LogP contribution in [0.1, 0.15) is 0 Å². The standard InChI is InChI=1S/C14H9NO2S/c16-18(17)14-8-4-2-6-11(14)13-9-10-5-1-3-7-12(10)15(13)18/h1-9H. The van der Waals surface area contributed by atoms with Crippen LogP contribution >= 0.6 is 0 Å². The molecule has 2 heterocycles. The molecule has 3 nitrogen and oxygen atoms in total. The first-order valence-corrected chi connectivity index (χ1v) is 7.09. The van der Waals surface area contributed by atoms with Gasteiger partial charge in [0.1, 0.15) is 0 Å². The molecular formula is C14H9NO2S. The molecule has 0 radical (unpaired) electrons. The molecule has 0 N–H and O–H groups in total. The van der Waals surface area contributed by atoms with Gasteiger partial charge in [0.15, 0.2) is 0 Å². The van der Waals surface area contributed by atoms with E-state index < -0.39 is 10.0 Å². The van der Waals surface area contributed by atoms with Crippen LogP contribution in [-0.4, -0.2) is 12.4 Å². The van der Waals surface area contributed by atoms with E-state index in [-0.39, 0.29) is 0 Å². The van der Waals surface area contributed by atoms with Gasteiger partial charge in [-0.05, 0) is 18.2 Å². The molecule has 0 atom stereocenters. The number of hydrogen-bond acceptors (Lipinski definition) is 2. The summed E-state index contributed by atoms with van der Waals surface area (Å²) in [5.74, 6) is 0. The van der Waals surface area contributed by atoms with Gasteiger partial charge in [0.05, 0.1) is 16.1 Å². The summed E-state index contributed by atoms with van der Waals surface area (Å²) in [4.78, 5) is 0.394. The SMILES string of the molecule is O=S1(=O)c2ccccc2-c2cc3ccccc3n21. The second-order valence-electron chi connectivity index (χ2n) is 4.35. The molecule has 2 aromatic carbocycles. The minimum Gasteiger partial charge on any atom is -0.233 e. The Labute approximate surface area is 104 Å². The zero-order valence-electron chi connectivity index (χ0n) is 9.37. The van der Waals surface area contributed by atoms with E-state index in [1.807, 2.05) is 42.5 Å². The van der Waals surface area contributed by atoms with Crippen LogP contribution in [0.3, 0.4) is 0 Å². The maximum Gasteiger partial charge on any atom is 0.269 e. The van der Waals surface area contributed by atoms with Crippen LogP contribution in [-0.2, 0) is 10.0 Å². The highest BCUT2D eigenvalue weighted by Crippen LogP contribution is 2.41. The highest BCUT2D eigenvalue weighted by atomic mass is 32.2. The number of aromatic nitrogens is 1. The molecule has 1 aromatic heterocycles. The fourth-order valence-electron chi connectivity index (χ4n) is 2.58. The lowest BCUT2D eigenvalue weighted by Crippen LogP contribution is -2.07. The number of rotatable bonds is 0. The van der Waals surface area contributed by atoms with E-state index in [1.165, 1.54) is 3.97 Å². The zero-order chi connectivity index (χ0) is 12.3. The fourth-order valence-corrected chi connectivity index (χ4v) is 4.31. The van der Waals surface area contributed by atoms with Crippen LogP contribution in [0.5, 0.6) is 0 Å². The summed E-state index contributed by atoms with van der Waals surface area (Å²) in [6.45, 7) is 0. The number of benzene rings is 2. The van der Waals surface area contributed by atoms with Gasteiger partial charge in [-0.2, -0.15) is 0 Å². The third-order valence-corrected chi connectivity index (χ3v) is 5.13. The van der Waals surface area contributed by atoms with Crippen molar-refractivity contribution in [1.82, 2.24) is 3.97 Å². The second kappa shape index (κ2) is 3.03. The minimum absolute atomic E-state index is 0.394. The van der Waals surface area contributed by atoms with E-state index in [1.54, 1.807) is 12.1 Å². The number of nitrogens with zero attached hydrogens (tertiary/aromatic N) is 1. The Morgan fingerprint density at radius 2 is 1.61 bits per heavy atom. The van der Waals surface area contributed by atoms with Crippen molar-refractivity contribution < 1.29 is 8.42 Å². The van der Waals surface area contributed by atoms with E-state index in [0.717, 1.165) is 22.2 Å². The summed E-state index contributed by atoms with van der Waals surface area (Å²) in [6.07, 6.45) is 0. The molecule has 18 heavy (non-hydrogen) atoms. The minimum atomic E-state index is -3.43. The Morgan fingerprint density at radius 1 is 0.889 bits per heavy atom. The van der Waals surface area contributed by atoms with Gasteiger partial charge in [-0.3, -0.25) is 0 Å². The van der Waals surface area contributed by atoms with Crippen molar-refractivity contribution in [2.75, 3.05) is 0 Å². The van der Waals surface area contributed by atoms with Crippen molar-refractivity contribution >= 4 is 20.9 Å². The average Bonchev–Trinajstić information content (AvgIpc) is 2.86. The van der Waals surface area contributed by atoms with Crippen molar-refractivity contribution in [2.45, 2.75) is 4.90 Å². The summed E-state index contributed by atoms with van der Waals surface area (Å²) < 4.78 is 26.5. The Balaban J connectivity index is 2.28. The first-order chi connectivity index (χ1) is 8.69. The molecule has 0 spiro atoms. The summed E-state index contributed by atoms with van der Waals surface area (Å²) in [6, 6.07) is 16.6. The Morgan fingerprint density at radius 3 is 2.50 bits per heavy atom. The second-order valence-corrected chi connectivity index (χ2v) is 6.11. The third kappa shape index (κ3) is 1.01. The van der Waals surface area contributed by atoms with Gasteiger partial charge in [-0.1, -0.05) is 36.4 Å². The topological polar surface area (TPSA) is 39.1 Å². The van der Waals surface area contributed by atoms with E-state index in [9.17, 15) is 8.42 Å². The average molecular weight is 255 g/mol. The monoisotopic (exact) mass is 255 g/mol. The number of para-hydroxylation sites is 1. The van der Waals surface area contributed by atoms with Crippen LogP contribution in [0.15, 0.2) is 59.5 Å². The smallest absolute Gasteiger partial charge is 0.233 e. The Hall–Kier alpha value is -2.07. The van der Waals surface area contributed by atoms with Crippen LogP contribution < -0.4 is 0 Å². The molecule has 88 valence electrons. The first-order valence-electron chi connectivity index (χ1n) is 5.65. The van der Waals surface area contributed by atoms with E-state index >= 15 is 0 Å². The predicted molar refractivity (Wildman–Crippen MR) is 70.0 cm³/mol. The van der Waals surface area contributed by atoms with Gasteiger partial charge in [0.2, 0.25) is 0 Å². The highest BCUT2D eigenvalue weighted by Gasteiger charge is 2.33. The molecule has 0 unspecified atom stereocenters. The van der Waals surface area contributed by atoms with E-state index in [0.29, 0.717) is 4.90 Å². The van der Waals surface area contributed by atoms with Gasteiger partial charge in [-0.15, -0.1) is 0 Å². The summed E-state index contributed by atoms with van der Waals surface area (Å²) in [5, 5.41) is 0.950. The molecular weight excluding hydrogens is 246 g/mol. The zero-order valence-corrected chi connectivity index (χ0v) is 10.2. The maximum atomic E-state index is 12.5. The van der Waals surface area contributed by atoms with Gasteiger partial charge in [-0.25, -0.2) is 12.4 Å². The van der Waals surface area contributed by atoms with Gasteiger partial charge in [0.25, 0.3) is 10.0 Å². The summed E-state index contributed by atoms with van der Waals surface area (Å²) in [5.41, 5.74) is 2.28. The van der Waals surface area contributed by atoms with Crippen molar-refractivity contribution in [3.05, 3.63) is 54.6 Å². The van der Waals surface area contributed by atoms with Crippen LogP contribution in [0.4, 0.5) is 0 Å². The van der Waals surface area contributed by atoms with Crippen molar-refractivity contribution in [3.63, 3.8) is 0 Å². The molecule has 0 bridgehead atoms. The molecule has 0 fully saturated rings. The van der Waals surface area contributed by atoms with Crippen molar-refractivity contribution in [3.8, 4) is 11.3 Å².